The van der Waals surface area contributed by atoms with Gasteiger partial charge in [-0.25, -0.2) is 21.9 Å². The molecule has 1 saturated heterocycles. The predicted octanol–water partition coefficient (Wildman–Crippen LogP) is 1.31. The van der Waals surface area contributed by atoms with Gasteiger partial charge in [0.2, 0.25) is 10.0 Å². The summed E-state index contributed by atoms with van der Waals surface area (Å²) in [5.74, 6) is -2.37. The van der Waals surface area contributed by atoms with Gasteiger partial charge >= 0.3 is 0 Å². The van der Waals surface area contributed by atoms with E-state index in [0.29, 0.717) is 6.54 Å². The molecule has 1 aliphatic heterocycles. The molecule has 1 aliphatic rings. The first-order valence-corrected chi connectivity index (χ1v) is 8.27. The van der Waals surface area contributed by atoms with Crippen molar-refractivity contribution in [3.63, 3.8) is 0 Å². The Morgan fingerprint density at radius 1 is 1.29 bits per heavy atom. The van der Waals surface area contributed by atoms with Crippen LogP contribution in [0.15, 0.2) is 17.0 Å². The van der Waals surface area contributed by atoms with E-state index in [9.17, 15) is 17.2 Å². The van der Waals surface area contributed by atoms with Crippen molar-refractivity contribution < 1.29 is 17.2 Å². The number of nitrogens with two attached hydrogens (primary N) is 1. The van der Waals surface area contributed by atoms with E-state index < -0.39 is 32.6 Å². The fourth-order valence-corrected chi connectivity index (χ4v) is 3.90. The molecule has 0 aromatic heterocycles. The van der Waals surface area contributed by atoms with Gasteiger partial charge in [-0.05, 0) is 45.0 Å². The third kappa shape index (κ3) is 3.90. The fraction of sp³-hybridized carbons (Fsp3) is 0.538. The van der Waals surface area contributed by atoms with Gasteiger partial charge in [0.1, 0.15) is 11.6 Å². The lowest BCUT2D eigenvalue weighted by atomic mass is 10.3. The molecule has 118 valence electrons. The Bertz CT molecular complexity index is 593. The molecular formula is C13H19F2N3O2S. The van der Waals surface area contributed by atoms with Crippen LogP contribution in [-0.4, -0.2) is 39.0 Å². The van der Waals surface area contributed by atoms with Gasteiger partial charge in [0.05, 0.1) is 0 Å². The number of nitrogens with one attached hydrogen (secondary N) is 1. The molecule has 1 unspecified atom stereocenters. The Kier molecular flexibility index (Phi) is 4.80. The van der Waals surface area contributed by atoms with Gasteiger partial charge in [0.15, 0.2) is 4.90 Å². The number of benzene rings is 1. The average Bonchev–Trinajstić information content (AvgIpc) is 2.78. The first-order chi connectivity index (χ1) is 9.79. The predicted molar refractivity (Wildman–Crippen MR) is 76.2 cm³/mol. The van der Waals surface area contributed by atoms with Crippen LogP contribution in [0.5, 0.6) is 0 Å². The summed E-state index contributed by atoms with van der Waals surface area (Å²) in [6, 6.07) is 1.15. The maximum absolute atomic E-state index is 13.7. The Balaban J connectivity index is 2.14. The Hall–Kier alpha value is -1.25. The van der Waals surface area contributed by atoms with E-state index >= 15 is 0 Å². The van der Waals surface area contributed by atoms with Gasteiger partial charge in [-0.3, -0.25) is 0 Å². The third-order valence-electron chi connectivity index (χ3n) is 3.38. The maximum Gasteiger partial charge on any atom is 0.246 e. The lowest BCUT2D eigenvalue weighted by Gasteiger charge is -2.21. The van der Waals surface area contributed by atoms with Crippen molar-refractivity contribution in [2.24, 2.45) is 0 Å². The Labute approximate surface area is 123 Å². The zero-order valence-electron chi connectivity index (χ0n) is 11.8. The van der Waals surface area contributed by atoms with Gasteiger partial charge < -0.3 is 10.6 Å². The molecule has 2 rings (SSSR count). The number of sulfonamides is 1. The zero-order chi connectivity index (χ0) is 15.6. The fourth-order valence-electron chi connectivity index (χ4n) is 2.55. The molecule has 8 heteroatoms. The second-order valence-electron chi connectivity index (χ2n) is 5.34. The minimum Gasteiger partial charge on any atom is -0.399 e. The van der Waals surface area contributed by atoms with Gasteiger partial charge in [0, 0.05) is 18.3 Å². The molecule has 0 amide bonds. The summed E-state index contributed by atoms with van der Waals surface area (Å²) in [5, 5.41) is 0. The smallest absolute Gasteiger partial charge is 0.246 e. The molecule has 21 heavy (non-hydrogen) atoms. The van der Waals surface area contributed by atoms with Crippen LogP contribution in [0.1, 0.15) is 19.8 Å². The number of hydrogen-bond acceptors (Lipinski definition) is 4. The van der Waals surface area contributed by atoms with Crippen LogP contribution in [0.2, 0.25) is 0 Å². The Morgan fingerprint density at radius 3 is 2.33 bits per heavy atom. The van der Waals surface area contributed by atoms with Gasteiger partial charge in [0.25, 0.3) is 0 Å². The lowest BCUT2D eigenvalue weighted by Crippen LogP contribution is -2.41. The molecule has 1 aromatic rings. The van der Waals surface area contributed by atoms with E-state index in [1.54, 1.807) is 6.92 Å². The minimum atomic E-state index is -4.26. The summed E-state index contributed by atoms with van der Waals surface area (Å²) in [7, 11) is -4.26. The normalized spacial score (nSPS) is 18.0. The monoisotopic (exact) mass is 319 g/mol. The molecule has 0 bridgehead atoms. The molecule has 1 fully saturated rings. The molecular weight excluding hydrogens is 300 g/mol. The van der Waals surface area contributed by atoms with Crippen molar-refractivity contribution in [1.82, 2.24) is 9.62 Å². The van der Waals surface area contributed by atoms with Crippen molar-refractivity contribution in [3.8, 4) is 0 Å². The van der Waals surface area contributed by atoms with Crippen molar-refractivity contribution in [2.45, 2.75) is 30.7 Å². The number of hydrogen-bond donors (Lipinski definition) is 2. The topological polar surface area (TPSA) is 75.4 Å². The van der Waals surface area contributed by atoms with E-state index in [-0.39, 0.29) is 5.69 Å². The molecule has 5 nitrogen and oxygen atoms in total. The van der Waals surface area contributed by atoms with Crippen LogP contribution in [0.25, 0.3) is 0 Å². The number of anilines is 1. The van der Waals surface area contributed by atoms with Crippen LogP contribution in [0.3, 0.4) is 0 Å². The van der Waals surface area contributed by atoms with Gasteiger partial charge in [-0.15, -0.1) is 0 Å². The maximum atomic E-state index is 13.7. The summed E-state index contributed by atoms with van der Waals surface area (Å²) in [5.41, 5.74) is 5.12. The summed E-state index contributed by atoms with van der Waals surface area (Å²) in [6.07, 6.45) is 2.17. The van der Waals surface area contributed by atoms with E-state index in [2.05, 4.69) is 9.62 Å². The summed E-state index contributed by atoms with van der Waals surface area (Å²) in [4.78, 5) is 1.13. The highest BCUT2D eigenvalue weighted by atomic mass is 32.2. The van der Waals surface area contributed by atoms with Crippen molar-refractivity contribution in [2.75, 3.05) is 25.4 Å². The quantitative estimate of drug-likeness (QED) is 0.803. The highest BCUT2D eigenvalue weighted by Gasteiger charge is 2.27. The first kappa shape index (κ1) is 16.1. The number of rotatable bonds is 5. The van der Waals surface area contributed by atoms with E-state index in [0.717, 1.165) is 38.1 Å². The molecule has 1 heterocycles. The molecule has 1 atom stereocenters. The second kappa shape index (κ2) is 6.25. The van der Waals surface area contributed by atoms with Crippen LogP contribution in [-0.2, 0) is 10.0 Å². The highest BCUT2D eigenvalue weighted by molar-refractivity contribution is 7.89. The van der Waals surface area contributed by atoms with Crippen molar-refractivity contribution >= 4 is 15.7 Å². The van der Waals surface area contributed by atoms with Gasteiger partial charge in [-0.1, -0.05) is 0 Å². The van der Waals surface area contributed by atoms with Crippen LogP contribution >= 0.6 is 0 Å². The van der Waals surface area contributed by atoms with Gasteiger partial charge in [-0.2, -0.15) is 0 Å². The first-order valence-electron chi connectivity index (χ1n) is 6.79. The summed E-state index contributed by atoms with van der Waals surface area (Å²) in [6.45, 7) is 4.01. The van der Waals surface area contributed by atoms with E-state index in [1.807, 2.05) is 0 Å². The van der Waals surface area contributed by atoms with Crippen LogP contribution in [0, 0.1) is 11.6 Å². The largest absolute Gasteiger partial charge is 0.399 e. The SMILES string of the molecule is CC(CN1CCCC1)NS(=O)(=O)c1c(F)cc(N)cc1F. The Morgan fingerprint density at radius 2 is 1.81 bits per heavy atom. The number of halogens is 2. The highest BCUT2D eigenvalue weighted by Crippen LogP contribution is 2.22. The second-order valence-corrected chi connectivity index (χ2v) is 6.99. The van der Waals surface area contributed by atoms with Crippen LogP contribution in [0.4, 0.5) is 14.5 Å². The number of nitrogens with zero attached hydrogens (tertiary/aromatic N) is 1. The molecule has 0 aliphatic carbocycles. The van der Waals surface area contributed by atoms with E-state index in [1.165, 1.54) is 0 Å². The molecule has 0 radical (unpaired) electrons. The minimum absolute atomic E-state index is 0.158. The molecule has 3 N–H and O–H groups in total. The summed E-state index contributed by atoms with van der Waals surface area (Å²) >= 11 is 0. The van der Waals surface area contributed by atoms with Crippen molar-refractivity contribution in [3.05, 3.63) is 23.8 Å². The van der Waals surface area contributed by atoms with Crippen LogP contribution < -0.4 is 10.5 Å². The van der Waals surface area contributed by atoms with E-state index in [4.69, 9.17) is 5.73 Å². The average molecular weight is 319 g/mol. The lowest BCUT2D eigenvalue weighted by molar-refractivity contribution is 0.312. The number of nitrogen functional groups attached to an aromatic ring is 1. The molecule has 1 aromatic carbocycles. The molecule has 0 spiro atoms. The zero-order valence-corrected chi connectivity index (χ0v) is 12.6. The standard InChI is InChI=1S/C13H19F2N3O2S/c1-9(8-18-4-2-3-5-18)17-21(19,20)13-11(14)6-10(16)7-12(13)15/h6-7,9,17H,2-5,8,16H2,1H3. The molecule has 0 saturated carbocycles. The van der Waals surface area contributed by atoms with Crippen molar-refractivity contribution in [1.29, 1.82) is 0 Å². The summed E-state index contributed by atoms with van der Waals surface area (Å²) < 4.78 is 54.0. The number of likely N-dealkylation sites (tertiary alicyclic amines) is 1. The third-order valence-corrected chi connectivity index (χ3v) is 5.02.